The van der Waals surface area contributed by atoms with Gasteiger partial charge in [0.15, 0.2) is 0 Å². The molecule has 7 rings (SSSR count). The van der Waals surface area contributed by atoms with Crippen molar-refractivity contribution in [1.29, 1.82) is 0 Å². The van der Waals surface area contributed by atoms with E-state index in [1.54, 1.807) is 6.07 Å². The predicted octanol–water partition coefficient (Wildman–Crippen LogP) is 6.90. The summed E-state index contributed by atoms with van der Waals surface area (Å²) in [5, 5.41) is 8.10. The van der Waals surface area contributed by atoms with Crippen molar-refractivity contribution in [3.8, 4) is 16.9 Å². The van der Waals surface area contributed by atoms with Gasteiger partial charge in [-0.1, -0.05) is 53.5 Å². The third-order valence-corrected chi connectivity index (χ3v) is 9.27. The van der Waals surface area contributed by atoms with Crippen LogP contribution in [-0.4, -0.2) is 29.6 Å². The van der Waals surface area contributed by atoms with Crippen LogP contribution in [-0.2, 0) is 0 Å². The standard InChI is InChI=1S/C30H33Cl2N3O/c1-18-25(30(36)34-10-9-33-28-22-12-19-11-20(14-22)15-23(28)13-19)17-35(27-8-7-24(31)16-26(27)32)29(18)21-5-3-2-4-6-21/h2-8,16-17,19-20,22-23,28,33H,9-15H2,1H3,(H,34,36). The summed E-state index contributed by atoms with van der Waals surface area (Å²) in [5.41, 5.74) is 4.37. The Morgan fingerprint density at radius 3 is 2.31 bits per heavy atom. The second-order valence-electron chi connectivity index (χ2n) is 11.0. The fourth-order valence-electron chi connectivity index (χ4n) is 7.41. The lowest BCUT2D eigenvalue weighted by molar-refractivity contribution is -0.0133. The average Bonchev–Trinajstić information content (AvgIpc) is 3.20. The van der Waals surface area contributed by atoms with Crippen molar-refractivity contribution in [2.45, 2.75) is 45.1 Å². The summed E-state index contributed by atoms with van der Waals surface area (Å²) >= 11 is 12.7. The zero-order valence-corrected chi connectivity index (χ0v) is 22.2. The smallest absolute Gasteiger partial charge is 0.253 e. The molecule has 188 valence electrons. The summed E-state index contributed by atoms with van der Waals surface area (Å²) in [7, 11) is 0. The first-order valence-corrected chi connectivity index (χ1v) is 14.0. The molecule has 3 aromatic rings. The summed E-state index contributed by atoms with van der Waals surface area (Å²) in [6, 6.07) is 16.2. The van der Waals surface area contributed by atoms with E-state index in [-0.39, 0.29) is 5.91 Å². The lowest BCUT2D eigenvalue weighted by Gasteiger charge is -2.54. The van der Waals surface area contributed by atoms with Gasteiger partial charge in [-0.2, -0.15) is 0 Å². The Kier molecular flexibility index (Phi) is 6.62. The van der Waals surface area contributed by atoms with Crippen LogP contribution in [0, 0.1) is 30.6 Å². The van der Waals surface area contributed by atoms with E-state index in [0.717, 1.165) is 52.7 Å². The maximum atomic E-state index is 13.3. The Hall–Kier alpha value is -2.27. The topological polar surface area (TPSA) is 46.1 Å². The molecule has 4 nitrogen and oxygen atoms in total. The van der Waals surface area contributed by atoms with Gasteiger partial charge in [0.05, 0.1) is 22.0 Å². The fraction of sp³-hybridized carbons (Fsp3) is 0.433. The van der Waals surface area contributed by atoms with Gasteiger partial charge in [0.25, 0.3) is 5.91 Å². The number of carbonyl (C=O) groups excluding carboxylic acids is 1. The van der Waals surface area contributed by atoms with Crippen LogP contribution < -0.4 is 10.6 Å². The van der Waals surface area contributed by atoms with Crippen molar-refractivity contribution >= 4 is 29.1 Å². The highest BCUT2D eigenvalue weighted by Gasteiger charge is 2.47. The Balaban J connectivity index is 1.18. The number of aromatic nitrogens is 1. The predicted molar refractivity (Wildman–Crippen MR) is 147 cm³/mol. The lowest BCUT2D eigenvalue weighted by Crippen LogP contribution is -2.55. The number of nitrogens with one attached hydrogen (secondary N) is 2. The van der Waals surface area contributed by atoms with Crippen molar-refractivity contribution in [2.75, 3.05) is 13.1 Å². The molecule has 36 heavy (non-hydrogen) atoms. The van der Waals surface area contributed by atoms with Crippen LogP contribution >= 0.6 is 23.2 Å². The molecule has 2 N–H and O–H groups in total. The number of halogens is 2. The van der Waals surface area contributed by atoms with Crippen LogP contribution in [0.2, 0.25) is 10.0 Å². The summed E-state index contributed by atoms with van der Waals surface area (Å²) < 4.78 is 2.00. The second-order valence-corrected chi connectivity index (χ2v) is 11.9. The normalized spacial score (nSPS) is 26.4. The summed E-state index contributed by atoms with van der Waals surface area (Å²) in [4.78, 5) is 13.3. The van der Waals surface area contributed by atoms with E-state index in [1.807, 2.05) is 48.0 Å². The average molecular weight is 523 g/mol. The molecule has 4 saturated carbocycles. The molecule has 1 amide bonds. The van der Waals surface area contributed by atoms with Crippen LogP contribution in [0.25, 0.3) is 16.9 Å². The molecule has 4 aliphatic rings. The number of nitrogens with zero attached hydrogens (tertiary/aromatic N) is 1. The number of rotatable bonds is 7. The number of carbonyl (C=O) groups is 1. The van der Waals surface area contributed by atoms with E-state index < -0.39 is 0 Å². The van der Waals surface area contributed by atoms with Gasteiger partial charge in [0.1, 0.15) is 0 Å². The Bertz CT molecular complexity index is 1240. The molecule has 0 aliphatic heterocycles. The molecule has 0 saturated heterocycles. The molecule has 0 atom stereocenters. The van der Waals surface area contributed by atoms with Crippen LogP contribution in [0.4, 0.5) is 0 Å². The van der Waals surface area contributed by atoms with Crippen molar-refractivity contribution in [2.24, 2.45) is 23.7 Å². The van der Waals surface area contributed by atoms with Gasteiger partial charge in [-0.25, -0.2) is 0 Å². The van der Waals surface area contributed by atoms with Gasteiger partial charge in [0.2, 0.25) is 0 Å². The van der Waals surface area contributed by atoms with Crippen molar-refractivity contribution in [3.63, 3.8) is 0 Å². The maximum Gasteiger partial charge on any atom is 0.253 e. The first-order chi connectivity index (χ1) is 17.5. The Morgan fingerprint density at radius 2 is 1.64 bits per heavy atom. The molecule has 4 aliphatic carbocycles. The molecule has 0 radical (unpaired) electrons. The molecule has 4 fully saturated rings. The molecule has 0 unspecified atom stereocenters. The van der Waals surface area contributed by atoms with Crippen molar-refractivity contribution in [1.82, 2.24) is 15.2 Å². The van der Waals surface area contributed by atoms with Crippen LogP contribution in [0.1, 0.15) is 48.0 Å². The minimum absolute atomic E-state index is 0.0552. The molecule has 2 aromatic carbocycles. The van der Waals surface area contributed by atoms with Crippen molar-refractivity contribution in [3.05, 3.63) is 75.9 Å². The molecule has 0 spiro atoms. The number of benzene rings is 2. The Morgan fingerprint density at radius 1 is 0.944 bits per heavy atom. The molecular weight excluding hydrogens is 489 g/mol. The van der Waals surface area contributed by atoms with Gasteiger partial charge < -0.3 is 15.2 Å². The monoisotopic (exact) mass is 521 g/mol. The van der Waals surface area contributed by atoms with Gasteiger partial charge in [-0.05, 0) is 92.0 Å². The van der Waals surface area contributed by atoms with E-state index >= 15 is 0 Å². The fourth-order valence-corrected chi connectivity index (χ4v) is 7.91. The first kappa shape index (κ1) is 24.1. The maximum absolute atomic E-state index is 13.3. The Labute approximate surface area is 223 Å². The van der Waals surface area contributed by atoms with Gasteiger partial charge in [0, 0.05) is 30.4 Å². The highest BCUT2D eigenvalue weighted by Crippen LogP contribution is 2.53. The summed E-state index contributed by atoms with van der Waals surface area (Å²) in [6.07, 6.45) is 8.98. The second kappa shape index (κ2) is 9.89. The zero-order valence-electron chi connectivity index (χ0n) is 20.6. The van der Waals surface area contributed by atoms with Gasteiger partial charge in [-0.3, -0.25) is 4.79 Å². The molecule has 1 heterocycles. The molecule has 6 heteroatoms. The van der Waals surface area contributed by atoms with E-state index in [9.17, 15) is 4.79 Å². The molecule has 4 bridgehead atoms. The zero-order chi connectivity index (χ0) is 24.8. The van der Waals surface area contributed by atoms with E-state index in [2.05, 4.69) is 22.8 Å². The minimum atomic E-state index is -0.0552. The first-order valence-electron chi connectivity index (χ1n) is 13.2. The van der Waals surface area contributed by atoms with Crippen LogP contribution in [0.3, 0.4) is 0 Å². The van der Waals surface area contributed by atoms with E-state index in [0.29, 0.717) is 28.2 Å². The highest BCUT2D eigenvalue weighted by atomic mass is 35.5. The third-order valence-electron chi connectivity index (χ3n) is 8.74. The lowest BCUT2D eigenvalue weighted by atomic mass is 9.54. The van der Waals surface area contributed by atoms with E-state index in [4.69, 9.17) is 23.2 Å². The van der Waals surface area contributed by atoms with Crippen LogP contribution in [0.15, 0.2) is 54.7 Å². The number of amides is 1. The van der Waals surface area contributed by atoms with Crippen molar-refractivity contribution < 1.29 is 4.79 Å². The van der Waals surface area contributed by atoms with Crippen LogP contribution in [0.5, 0.6) is 0 Å². The minimum Gasteiger partial charge on any atom is -0.351 e. The summed E-state index contributed by atoms with van der Waals surface area (Å²) in [5.74, 6) is 3.58. The van der Waals surface area contributed by atoms with Gasteiger partial charge in [-0.15, -0.1) is 0 Å². The quantitative estimate of drug-likeness (QED) is 0.332. The van der Waals surface area contributed by atoms with Gasteiger partial charge >= 0.3 is 0 Å². The molecule has 1 aromatic heterocycles. The number of hydrogen-bond donors (Lipinski definition) is 2. The van der Waals surface area contributed by atoms with E-state index in [1.165, 1.54) is 32.1 Å². The third kappa shape index (κ3) is 4.49. The molecular formula is C30H33Cl2N3O. The highest BCUT2D eigenvalue weighted by molar-refractivity contribution is 6.35. The summed E-state index contributed by atoms with van der Waals surface area (Å²) in [6.45, 7) is 3.44. The SMILES string of the molecule is Cc1c(C(=O)NCCNC2C3CC4CC(C3)CC2C4)cn(-c2ccc(Cl)cc2Cl)c1-c1ccccc1. The largest absolute Gasteiger partial charge is 0.351 e. The number of hydrogen-bond acceptors (Lipinski definition) is 2.